The first-order chi connectivity index (χ1) is 6.00. The van der Waals surface area contributed by atoms with E-state index in [4.69, 9.17) is 16.2 Å². The fourth-order valence-electron chi connectivity index (χ4n) is 0.992. The molecule has 0 radical (unpaired) electrons. The zero-order valence-electron chi connectivity index (χ0n) is 7.63. The molecule has 0 bridgehead atoms. The maximum atomic E-state index is 10.7. The second kappa shape index (κ2) is 3.35. The summed E-state index contributed by atoms with van der Waals surface area (Å²) in [6.07, 6.45) is 0. The average molecular weight is 180 g/mol. The summed E-state index contributed by atoms with van der Waals surface area (Å²) in [5.74, 6) is 0.0399. The Bertz CT molecular complexity index is 348. The third-order valence-corrected chi connectivity index (χ3v) is 1.68. The Labute approximate surface area is 76.5 Å². The van der Waals surface area contributed by atoms with Crippen molar-refractivity contribution in [1.82, 2.24) is 0 Å². The zero-order valence-corrected chi connectivity index (χ0v) is 7.63. The summed E-state index contributed by atoms with van der Waals surface area (Å²) in [5, 5.41) is 0. The molecule has 0 spiro atoms. The number of esters is 1. The normalized spacial score (nSPS) is 9.69. The van der Waals surface area contributed by atoms with Crippen LogP contribution in [0, 0.1) is 6.92 Å². The number of anilines is 2. The van der Waals surface area contributed by atoms with Crippen LogP contribution in [0.25, 0.3) is 0 Å². The Balaban J connectivity index is 3.12. The van der Waals surface area contributed by atoms with E-state index in [0.717, 1.165) is 5.56 Å². The van der Waals surface area contributed by atoms with Crippen LogP contribution in [0.3, 0.4) is 0 Å². The minimum atomic E-state index is -0.381. The minimum absolute atomic E-state index is 0.381. The molecule has 4 nitrogen and oxygen atoms in total. The predicted octanol–water partition coefficient (Wildman–Crippen LogP) is 1.08. The molecule has 1 aromatic rings. The zero-order chi connectivity index (χ0) is 10.0. The monoisotopic (exact) mass is 180 g/mol. The summed E-state index contributed by atoms with van der Waals surface area (Å²) in [6.45, 7) is 3.10. The Kier molecular flexibility index (Phi) is 2.41. The van der Waals surface area contributed by atoms with Gasteiger partial charge in [-0.15, -0.1) is 0 Å². The van der Waals surface area contributed by atoms with Crippen LogP contribution in [0.1, 0.15) is 12.5 Å². The largest absolute Gasteiger partial charge is 0.426 e. The highest BCUT2D eigenvalue weighted by Gasteiger charge is 2.06. The molecule has 0 fully saturated rings. The fourth-order valence-corrected chi connectivity index (χ4v) is 0.992. The second-order valence-corrected chi connectivity index (χ2v) is 2.83. The van der Waals surface area contributed by atoms with Crippen molar-refractivity contribution in [2.24, 2.45) is 0 Å². The minimum Gasteiger partial charge on any atom is -0.426 e. The maximum Gasteiger partial charge on any atom is 0.308 e. The molecule has 0 heterocycles. The Morgan fingerprint density at radius 2 is 2.00 bits per heavy atom. The van der Waals surface area contributed by atoms with Crippen molar-refractivity contribution in [1.29, 1.82) is 0 Å². The summed E-state index contributed by atoms with van der Waals surface area (Å²) >= 11 is 0. The standard InChI is InChI=1S/C9H12N2O2/c1-5-8(11)3-7(10)4-9(5)13-6(2)12/h3-4H,10-11H2,1-2H3. The lowest BCUT2D eigenvalue weighted by Crippen LogP contribution is -2.05. The van der Waals surface area contributed by atoms with Gasteiger partial charge < -0.3 is 16.2 Å². The number of ether oxygens (including phenoxy) is 1. The van der Waals surface area contributed by atoms with Crippen LogP contribution in [-0.4, -0.2) is 5.97 Å². The van der Waals surface area contributed by atoms with Crippen molar-refractivity contribution in [3.05, 3.63) is 17.7 Å². The van der Waals surface area contributed by atoms with Crippen LogP contribution >= 0.6 is 0 Å². The van der Waals surface area contributed by atoms with Gasteiger partial charge in [0.2, 0.25) is 0 Å². The highest BCUT2D eigenvalue weighted by Crippen LogP contribution is 2.26. The maximum absolute atomic E-state index is 10.7. The molecule has 4 N–H and O–H groups in total. The average Bonchev–Trinajstić information content (AvgIpc) is 1.98. The number of carbonyl (C=O) groups is 1. The van der Waals surface area contributed by atoms with E-state index in [2.05, 4.69) is 0 Å². The number of hydrogen-bond donors (Lipinski definition) is 2. The molecule has 0 saturated carbocycles. The summed E-state index contributed by atoms with van der Waals surface area (Å²) in [7, 11) is 0. The smallest absolute Gasteiger partial charge is 0.308 e. The third kappa shape index (κ3) is 2.11. The van der Waals surface area contributed by atoms with E-state index < -0.39 is 0 Å². The van der Waals surface area contributed by atoms with Gasteiger partial charge in [0.25, 0.3) is 0 Å². The first kappa shape index (κ1) is 9.38. The summed E-state index contributed by atoms with van der Waals surface area (Å²) in [5.41, 5.74) is 12.9. The van der Waals surface area contributed by atoms with Gasteiger partial charge in [0.15, 0.2) is 0 Å². The van der Waals surface area contributed by atoms with E-state index in [1.54, 1.807) is 19.1 Å². The van der Waals surface area contributed by atoms with Gasteiger partial charge >= 0.3 is 5.97 Å². The molecule has 0 aliphatic heterocycles. The van der Waals surface area contributed by atoms with Crippen LogP contribution in [0.15, 0.2) is 12.1 Å². The highest BCUT2D eigenvalue weighted by molar-refractivity contribution is 5.72. The number of benzene rings is 1. The van der Waals surface area contributed by atoms with Gasteiger partial charge in [0.05, 0.1) is 0 Å². The molecular weight excluding hydrogens is 168 g/mol. The SMILES string of the molecule is CC(=O)Oc1cc(N)cc(N)c1C. The Morgan fingerprint density at radius 3 is 2.54 bits per heavy atom. The van der Waals surface area contributed by atoms with E-state index in [1.807, 2.05) is 0 Å². The van der Waals surface area contributed by atoms with Crippen LogP contribution in [0.4, 0.5) is 11.4 Å². The van der Waals surface area contributed by atoms with E-state index in [9.17, 15) is 4.79 Å². The Hall–Kier alpha value is -1.71. The van der Waals surface area contributed by atoms with Gasteiger partial charge in [-0.3, -0.25) is 4.79 Å². The topological polar surface area (TPSA) is 78.3 Å². The van der Waals surface area contributed by atoms with Crippen LogP contribution < -0.4 is 16.2 Å². The lowest BCUT2D eigenvalue weighted by atomic mass is 10.1. The molecule has 1 aromatic carbocycles. The molecule has 13 heavy (non-hydrogen) atoms. The molecule has 70 valence electrons. The second-order valence-electron chi connectivity index (χ2n) is 2.83. The molecule has 0 unspecified atom stereocenters. The van der Waals surface area contributed by atoms with Gasteiger partial charge in [-0.05, 0) is 13.0 Å². The molecule has 1 rings (SSSR count). The quantitative estimate of drug-likeness (QED) is 0.385. The lowest BCUT2D eigenvalue weighted by molar-refractivity contribution is -0.131. The lowest BCUT2D eigenvalue weighted by Gasteiger charge is -2.08. The molecule has 0 amide bonds. The van der Waals surface area contributed by atoms with Crippen molar-refractivity contribution < 1.29 is 9.53 Å². The van der Waals surface area contributed by atoms with Gasteiger partial charge in [0, 0.05) is 29.9 Å². The van der Waals surface area contributed by atoms with E-state index >= 15 is 0 Å². The van der Waals surface area contributed by atoms with Crippen molar-refractivity contribution in [2.75, 3.05) is 11.5 Å². The van der Waals surface area contributed by atoms with E-state index in [0.29, 0.717) is 17.1 Å². The van der Waals surface area contributed by atoms with Crippen LogP contribution in [0.5, 0.6) is 5.75 Å². The predicted molar refractivity (Wildman–Crippen MR) is 51.3 cm³/mol. The first-order valence-electron chi connectivity index (χ1n) is 3.84. The Morgan fingerprint density at radius 1 is 1.38 bits per heavy atom. The number of hydrogen-bond acceptors (Lipinski definition) is 4. The molecular formula is C9H12N2O2. The molecule has 0 aromatic heterocycles. The van der Waals surface area contributed by atoms with Crippen molar-refractivity contribution in [2.45, 2.75) is 13.8 Å². The molecule has 0 aliphatic rings. The number of carbonyl (C=O) groups excluding carboxylic acids is 1. The molecule has 0 aliphatic carbocycles. The van der Waals surface area contributed by atoms with Crippen molar-refractivity contribution in [3.8, 4) is 5.75 Å². The number of nitrogen functional groups attached to an aromatic ring is 2. The van der Waals surface area contributed by atoms with Crippen molar-refractivity contribution in [3.63, 3.8) is 0 Å². The first-order valence-corrected chi connectivity index (χ1v) is 3.84. The summed E-state index contributed by atoms with van der Waals surface area (Å²) in [4.78, 5) is 10.7. The van der Waals surface area contributed by atoms with Gasteiger partial charge in [-0.1, -0.05) is 0 Å². The van der Waals surface area contributed by atoms with Gasteiger partial charge in [-0.2, -0.15) is 0 Å². The van der Waals surface area contributed by atoms with Gasteiger partial charge in [0.1, 0.15) is 5.75 Å². The van der Waals surface area contributed by atoms with Crippen molar-refractivity contribution >= 4 is 17.3 Å². The number of rotatable bonds is 1. The fraction of sp³-hybridized carbons (Fsp3) is 0.222. The van der Waals surface area contributed by atoms with Crippen LogP contribution in [0.2, 0.25) is 0 Å². The summed E-state index contributed by atoms with van der Waals surface area (Å²) in [6, 6.07) is 3.20. The van der Waals surface area contributed by atoms with Crippen LogP contribution in [-0.2, 0) is 4.79 Å². The van der Waals surface area contributed by atoms with E-state index in [1.165, 1.54) is 6.92 Å². The van der Waals surface area contributed by atoms with Gasteiger partial charge in [-0.25, -0.2) is 0 Å². The molecule has 0 saturated heterocycles. The third-order valence-electron chi connectivity index (χ3n) is 1.68. The highest BCUT2D eigenvalue weighted by atomic mass is 16.5. The molecule has 0 atom stereocenters. The molecule has 4 heteroatoms. The summed E-state index contributed by atoms with van der Waals surface area (Å²) < 4.78 is 4.91. The number of nitrogens with two attached hydrogens (primary N) is 2. The van der Waals surface area contributed by atoms with E-state index in [-0.39, 0.29) is 5.97 Å².